The molecule has 0 heterocycles. The molecule has 0 aliphatic rings. The van der Waals surface area contributed by atoms with Crippen LogP contribution in [-0.4, -0.2) is 11.1 Å². The number of hydrogen-bond donors (Lipinski definition) is 1. The molecule has 0 saturated heterocycles. The van der Waals surface area contributed by atoms with Gasteiger partial charge in [-0.2, -0.15) is 0 Å². The predicted molar refractivity (Wildman–Crippen MR) is 123 cm³/mol. The molecule has 0 amide bonds. The van der Waals surface area contributed by atoms with Gasteiger partial charge in [0.1, 0.15) is 5.82 Å². The van der Waals surface area contributed by atoms with Crippen LogP contribution in [0.1, 0.15) is 32.6 Å². The zero-order valence-corrected chi connectivity index (χ0v) is 16.8. The summed E-state index contributed by atoms with van der Waals surface area (Å²) in [5.74, 6) is -1.29. The Morgan fingerprint density at radius 3 is 2.06 bits per heavy atom. The van der Waals surface area contributed by atoms with Gasteiger partial charge in [0.25, 0.3) is 0 Å². The molecule has 0 saturated carbocycles. The second kappa shape index (κ2) is 9.23. The molecule has 0 aromatic heterocycles. The number of carboxylic acid groups (broad SMARTS) is 1. The van der Waals surface area contributed by atoms with Crippen molar-refractivity contribution in [1.82, 2.24) is 0 Å². The van der Waals surface area contributed by atoms with E-state index < -0.39 is 5.97 Å². The molecule has 4 aromatic rings. The Balaban J connectivity index is 1.57. The van der Waals surface area contributed by atoms with E-state index in [-0.39, 0.29) is 11.4 Å². The molecule has 0 fully saturated rings. The molecular formula is C28H21FO2. The van der Waals surface area contributed by atoms with Crippen LogP contribution in [0, 0.1) is 5.82 Å². The molecule has 2 nitrogen and oxygen atoms in total. The summed E-state index contributed by atoms with van der Waals surface area (Å²) in [7, 11) is 0. The largest absolute Gasteiger partial charge is 0.478 e. The topological polar surface area (TPSA) is 37.3 Å². The minimum Gasteiger partial charge on any atom is -0.478 e. The quantitative estimate of drug-likeness (QED) is 0.350. The highest BCUT2D eigenvalue weighted by atomic mass is 19.1. The Kier molecular flexibility index (Phi) is 6.04. The van der Waals surface area contributed by atoms with Gasteiger partial charge in [-0.25, -0.2) is 9.18 Å². The predicted octanol–water partition coefficient (Wildman–Crippen LogP) is 6.95. The SMILES string of the molecule is O=C(O)c1ccc(-c2ccc(F)cc2)cc1/C=C/c1ccc(Cc2ccccc2)cc1. The average Bonchev–Trinajstić information content (AvgIpc) is 2.79. The molecule has 0 aliphatic heterocycles. The van der Waals surface area contributed by atoms with Crippen molar-refractivity contribution < 1.29 is 14.3 Å². The molecule has 4 aromatic carbocycles. The summed E-state index contributed by atoms with van der Waals surface area (Å²) in [6.07, 6.45) is 4.58. The van der Waals surface area contributed by atoms with Crippen molar-refractivity contribution in [1.29, 1.82) is 0 Å². The minimum absolute atomic E-state index is 0.225. The van der Waals surface area contributed by atoms with Gasteiger partial charge in [0.05, 0.1) is 5.56 Å². The molecule has 0 atom stereocenters. The van der Waals surface area contributed by atoms with Crippen LogP contribution in [0.15, 0.2) is 97.1 Å². The van der Waals surface area contributed by atoms with Crippen LogP contribution in [0.4, 0.5) is 4.39 Å². The van der Waals surface area contributed by atoms with Crippen molar-refractivity contribution in [3.63, 3.8) is 0 Å². The second-order valence-corrected chi connectivity index (χ2v) is 7.35. The Bertz CT molecular complexity index is 1210. The highest BCUT2D eigenvalue weighted by molar-refractivity contribution is 5.94. The third-order valence-corrected chi connectivity index (χ3v) is 5.15. The maximum atomic E-state index is 13.2. The fourth-order valence-corrected chi connectivity index (χ4v) is 3.48. The first kappa shape index (κ1) is 20.3. The standard InChI is InChI=1S/C28H21FO2/c29-26-15-12-23(13-16-26)24-14-17-27(28(30)31)25(19-24)11-10-20-6-8-22(9-7-20)18-21-4-2-1-3-5-21/h1-17,19H,18H2,(H,30,31)/b11-10+. The minimum atomic E-state index is -0.983. The normalized spacial score (nSPS) is 11.0. The van der Waals surface area contributed by atoms with E-state index in [1.54, 1.807) is 24.3 Å². The van der Waals surface area contributed by atoms with Crippen molar-refractivity contribution in [2.24, 2.45) is 0 Å². The number of benzene rings is 4. The van der Waals surface area contributed by atoms with Crippen molar-refractivity contribution in [3.8, 4) is 11.1 Å². The van der Waals surface area contributed by atoms with E-state index in [4.69, 9.17) is 0 Å². The maximum absolute atomic E-state index is 13.2. The molecule has 0 spiro atoms. The molecule has 4 rings (SSSR count). The van der Waals surface area contributed by atoms with Crippen LogP contribution in [-0.2, 0) is 6.42 Å². The van der Waals surface area contributed by atoms with Gasteiger partial charge in [0.2, 0.25) is 0 Å². The summed E-state index contributed by atoms with van der Waals surface area (Å²) in [4.78, 5) is 11.7. The summed E-state index contributed by atoms with van der Waals surface area (Å²) in [5, 5.41) is 9.55. The van der Waals surface area contributed by atoms with Crippen LogP contribution in [0.3, 0.4) is 0 Å². The van der Waals surface area contributed by atoms with Gasteiger partial charge in [-0.05, 0) is 64.1 Å². The number of aromatic carboxylic acids is 1. The summed E-state index contributed by atoms with van der Waals surface area (Å²) >= 11 is 0. The number of rotatable bonds is 6. The Labute approximate surface area is 180 Å². The summed E-state index contributed by atoms with van der Waals surface area (Å²) < 4.78 is 13.2. The summed E-state index contributed by atoms with van der Waals surface area (Å²) in [6, 6.07) is 29.8. The molecule has 31 heavy (non-hydrogen) atoms. The highest BCUT2D eigenvalue weighted by Crippen LogP contribution is 2.25. The first-order valence-corrected chi connectivity index (χ1v) is 10.0. The monoisotopic (exact) mass is 408 g/mol. The lowest BCUT2D eigenvalue weighted by Crippen LogP contribution is -1.99. The zero-order valence-electron chi connectivity index (χ0n) is 16.8. The highest BCUT2D eigenvalue weighted by Gasteiger charge is 2.10. The molecule has 0 bridgehead atoms. The fraction of sp³-hybridized carbons (Fsp3) is 0.0357. The van der Waals surface area contributed by atoms with Crippen LogP contribution in [0.2, 0.25) is 0 Å². The Hall–Kier alpha value is -3.98. The maximum Gasteiger partial charge on any atom is 0.336 e. The molecule has 3 heteroatoms. The van der Waals surface area contributed by atoms with E-state index >= 15 is 0 Å². The zero-order chi connectivity index (χ0) is 21.6. The fourth-order valence-electron chi connectivity index (χ4n) is 3.48. The first-order valence-electron chi connectivity index (χ1n) is 10.0. The number of carbonyl (C=O) groups is 1. The second-order valence-electron chi connectivity index (χ2n) is 7.35. The molecule has 0 unspecified atom stereocenters. The van der Waals surface area contributed by atoms with Gasteiger partial charge in [0.15, 0.2) is 0 Å². The van der Waals surface area contributed by atoms with E-state index in [0.717, 1.165) is 23.1 Å². The first-order chi connectivity index (χ1) is 15.1. The van der Waals surface area contributed by atoms with Crippen LogP contribution in [0.25, 0.3) is 23.3 Å². The average molecular weight is 408 g/mol. The lowest BCUT2D eigenvalue weighted by Gasteiger charge is -2.07. The van der Waals surface area contributed by atoms with Crippen molar-refractivity contribution in [2.45, 2.75) is 6.42 Å². The van der Waals surface area contributed by atoms with Gasteiger partial charge in [-0.15, -0.1) is 0 Å². The van der Waals surface area contributed by atoms with Gasteiger partial charge < -0.3 is 5.11 Å². The number of carboxylic acids is 1. The summed E-state index contributed by atoms with van der Waals surface area (Å²) in [5.41, 5.74) is 5.95. The van der Waals surface area contributed by atoms with Crippen LogP contribution < -0.4 is 0 Å². The number of hydrogen-bond acceptors (Lipinski definition) is 1. The van der Waals surface area contributed by atoms with E-state index in [1.165, 1.54) is 23.3 Å². The van der Waals surface area contributed by atoms with E-state index in [2.05, 4.69) is 24.3 Å². The number of halogens is 1. The molecule has 0 radical (unpaired) electrons. The third-order valence-electron chi connectivity index (χ3n) is 5.15. The van der Waals surface area contributed by atoms with Crippen molar-refractivity contribution in [2.75, 3.05) is 0 Å². The van der Waals surface area contributed by atoms with E-state index in [9.17, 15) is 14.3 Å². The van der Waals surface area contributed by atoms with Crippen LogP contribution in [0.5, 0.6) is 0 Å². The van der Waals surface area contributed by atoms with E-state index in [1.807, 2.05) is 48.6 Å². The molecule has 0 aliphatic carbocycles. The van der Waals surface area contributed by atoms with Gasteiger partial charge in [-0.3, -0.25) is 0 Å². The lowest BCUT2D eigenvalue weighted by atomic mass is 9.98. The smallest absolute Gasteiger partial charge is 0.336 e. The van der Waals surface area contributed by atoms with Gasteiger partial charge >= 0.3 is 5.97 Å². The molecule has 1 N–H and O–H groups in total. The molecular weight excluding hydrogens is 387 g/mol. The Morgan fingerprint density at radius 2 is 1.39 bits per heavy atom. The third kappa shape index (κ3) is 5.14. The molecule has 152 valence electrons. The van der Waals surface area contributed by atoms with Crippen LogP contribution >= 0.6 is 0 Å². The lowest BCUT2D eigenvalue weighted by molar-refractivity contribution is 0.0696. The summed E-state index contributed by atoms with van der Waals surface area (Å²) in [6.45, 7) is 0. The van der Waals surface area contributed by atoms with Crippen molar-refractivity contribution >= 4 is 18.1 Å². The Morgan fingerprint density at radius 1 is 0.742 bits per heavy atom. The van der Waals surface area contributed by atoms with E-state index in [0.29, 0.717) is 5.56 Å². The van der Waals surface area contributed by atoms with Crippen molar-refractivity contribution in [3.05, 3.63) is 131 Å². The van der Waals surface area contributed by atoms with Gasteiger partial charge in [0, 0.05) is 0 Å². The van der Waals surface area contributed by atoms with Gasteiger partial charge in [-0.1, -0.05) is 84.9 Å².